The molecule has 2 nitrogen and oxygen atoms in total. The maximum absolute atomic E-state index is 12.7. The van der Waals surface area contributed by atoms with Crippen LogP contribution in [0.4, 0.5) is 8.78 Å². The molecule has 4 heteroatoms. The zero-order valence-electron chi connectivity index (χ0n) is 6.00. The molecule has 0 saturated carbocycles. The van der Waals surface area contributed by atoms with Gasteiger partial charge in [0.15, 0.2) is 0 Å². The van der Waals surface area contributed by atoms with Gasteiger partial charge in [0.05, 0.1) is 0 Å². The first-order valence-electron chi connectivity index (χ1n) is 3.18. The van der Waals surface area contributed by atoms with Crippen LogP contribution in [0.3, 0.4) is 0 Å². The average molecular weight is 169 g/mol. The third kappa shape index (κ3) is 1.95. The second kappa shape index (κ2) is 3.71. The Hall–Kier alpha value is -1.58. The van der Waals surface area contributed by atoms with E-state index in [1.165, 1.54) is 12.1 Å². The van der Waals surface area contributed by atoms with Crippen LogP contribution < -0.4 is 0 Å². The molecule has 12 heavy (non-hydrogen) atoms. The van der Waals surface area contributed by atoms with Gasteiger partial charge in [-0.3, -0.25) is 4.79 Å². The number of carbonyl (C=O) groups excluding carboxylic acids is 1. The van der Waals surface area contributed by atoms with E-state index in [9.17, 15) is 13.6 Å². The monoisotopic (exact) mass is 169 g/mol. The predicted molar refractivity (Wildman–Crippen MR) is 39.3 cm³/mol. The fourth-order valence-corrected chi connectivity index (χ4v) is 0.690. The Morgan fingerprint density at radius 1 is 1.33 bits per heavy atom. The molecule has 0 N–H and O–H groups in total. The molecule has 0 radical (unpaired) electrons. The van der Waals surface area contributed by atoms with Crippen molar-refractivity contribution in [1.29, 1.82) is 0 Å². The first kappa shape index (κ1) is 8.52. The van der Waals surface area contributed by atoms with Crippen molar-refractivity contribution in [1.82, 2.24) is 4.98 Å². The van der Waals surface area contributed by atoms with Gasteiger partial charge in [0.1, 0.15) is 6.29 Å². The number of aromatic nitrogens is 1. The molecule has 0 aliphatic rings. The van der Waals surface area contributed by atoms with Crippen LogP contribution in [-0.2, 0) is 4.79 Å². The number of hydrogen-bond donors (Lipinski definition) is 0. The van der Waals surface area contributed by atoms with Crippen LogP contribution in [0.25, 0.3) is 6.08 Å². The summed E-state index contributed by atoms with van der Waals surface area (Å²) in [6, 6.07) is 2.23. The van der Waals surface area contributed by atoms with Crippen molar-refractivity contribution in [2.75, 3.05) is 0 Å². The first-order valence-corrected chi connectivity index (χ1v) is 3.18. The lowest BCUT2D eigenvalue weighted by Gasteiger charge is -1.93. The van der Waals surface area contributed by atoms with E-state index in [0.717, 1.165) is 12.1 Å². The van der Waals surface area contributed by atoms with Crippen molar-refractivity contribution in [3.8, 4) is 0 Å². The van der Waals surface area contributed by atoms with Gasteiger partial charge in [-0.05, 0) is 24.3 Å². The molecule has 0 unspecified atom stereocenters. The Balaban J connectivity index is 3.01. The molecule has 0 spiro atoms. The number of carbonyl (C=O) groups is 1. The maximum Gasteiger partial charge on any atom is 0.222 e. The minimum absolute atomic E-state index is 0.0866. The van der Waals surface area contributed by atoms with E-state index < -0.39 is 11.9 Å². The number of halogens is 2. The topological polar surface area (TPSA) is 30.0 Å². The highest BCUT2D eigenvalue weighted by Gasteiger charge is 2.00. The Morgan fingerprint density at radius 3 is 2.67 bits per heavy atom. The zero-order chi connectivity index (χ0) is 8.97. The molecule has 0 aliphatic carbocycles. The van der Waals surface area contributed by atoms with Crippen molar-refractivity contribution in [3.05, 3.63) is 35.7 Å². The molecule has 1 aromatic heterocycles. The molecule has 1 rings (SSSR count). The third-order valence-corrected chi connectivity index (χ3v) is 1.20. The van der Waals surface area contributed by atoms with Crippen molar-refractivity contribution >= 4 is 12.4 Å². The van der Waals surface area contributed by atoms with Crippen molar-refractivity contribution in [2.24, 2.45) is 0 Å². The summed E-state index contributed by atoms with van der Waals surface area (Å²) in [6.45, 7) is 0. The Labute approximate surface area is 67.5 Å². The maximum atomic E-state index is 12.7. The lowest BCUT2D eigenvalue weighted by Crippen LogP contribution is -1.90. The van der Waals surface area contributed by atoms with Crippen LogP contribution in [0.2, 0.25) is 0 Å². The van der Waals surface area contributed by atoms with Gasteiger partial charge < -0.3 is 0 Å². The predicted octanol–water partition coefficient (Wildman–Crippen LogP) is 1.57. The lowest BCUT2D eigenvalue weighted by molar-refractivity contribution is -0.104. The normalized spacial score (nSPS) is 10.5. The van der Waals surface area contributed by atoms with Crippen molar-refractivity contribution in [3.63, 3.8) is 0 Å². The summed E-state index contributed by atoms with van der Waals surface area (Å²) < 4.78 is 24.9. The molecule has 0 aliphatic heterocycles. The van der Waals surface area contributed by atoms with Gasteiger partial charge in [0.25, 0.3) is 0 Å². The summed E-state index contributed by atoms with van der Waals surface area (Å²) in [5.41, 5.74) is 0.0866. The molecule has 1 aromatic rings. The average Bonchev–Trinajstić information content (AvgIpc) is 2.03. The number of pyridine rings is 1. The number of allylic oxidation sites excluding steroid dienone is 1. The van der Waals surface area contributed by atoms with Gasteiger partial charge in [-0.15, -0.1) is 0 Å². The second-order valence-corrected chi connectivity index (χ2v) is 2.01. The number of nitrogens with zero attached hydrogens (tertiary/aromatic N) is 1. The molecule has 0 atom stereocenters. The van der Waals surface area contributed by atoms with E-state index >= 15 is 0 Å². The second-order valence-electron chi connectivity index (χ2n) is 2.01. The van der Waals surface area contributed by atoms with Gasteiger partial charge in [-0.25, -0.2) is 0 Å². The summed E-state index contributed by atoms with van der Waals surface area (Å²) >= 11 is 0. The summed E-state index contributed by atoms with van der Waals surface area (Å²) in [5.74, 6) is -1.80. The van der Waals surface area contributed by atoms with Gasteiger partial charge >= 0.3 is 0 Å². The van der Waals surface area contributed by atoms with Crippen molar-refractivity contribution in [2.45, 2.75) is 0 Å². The summed E-state index contributed by atoms with van der Waals surface area (Å²) in [7, 11) is 0. The van der Waals surface area contributed by atoms with Gasteiger partial charge in [0, 0.05) is 5.56 Å². The highest BCUT2D eigenvalue weighted by molar-refractivity contribution is 5.73. The third-order valence-electron chi connectivity index (χ3n) is 1.20. The quantitative estimate of drug-likeness (QED) is 0.382. The van der Waals surface area contributed by atoms with Gasteiger partial charge in [-0.1, -0.05) is 0 Å². The minimum atomic E-state index is -0.923. The fourth-order valence-electron chi connectivity index (χ4n) is 0.690. The van der Waals surface area contributed by atoms with Crippen LogP contribution in [0.5, 0.6) is 0 Å². The van der Waals surface area contributed by atoms with E-state index in [-0.39, 0.29) is 5.56 Å². The van der Waals surface area contributed by atoms with E-state index in [4.69, 9.17) is 0 Å². The standard InChI is InChI=1S/C8H5F2NO/c9-7-4-3-6(2-1-5-12)8(10)11-7/h1-5H. The van der Waals surface area contributed by atoms with E-state index in [1.807, 2.05) is 0 Å². The van der Waals surface area contributed by atoms with Crippen LogP contribution >= 0.6 is 0 Å². The Morgan fingerprint density at radius 2 is 2.08 bits per heavy atom. The van der Waals surface area contributed by atoms with Crippen LogP contribution in [0.1, 0.15) is 5.56 Å². The highest BCUT2D eigenvalue weighted by Crippen LogP contribution is 2.06. The molecule has 0 saturated heterocycles. The number of aldehydes is 1. The number of hydrogen-bond acceptors (Lipinski definition) is 2. The van der Waals surface area contributed by atoms with Gasteiger partial charge in [-0.2, -0.15) is 13.8 Å². The largest absolute Gasteiger partial charge is 0.299 e. The molecule has 0 bridgehead atoms. The van der Waals surface area contributed by atoms with E-state index in [2.05, 4.69) is 4.98 Å². The summed E-state index contributed by atoms with van der Waals surface area (Å²) in [6.07, 6.45) is 2.83. The molecule has 0 amide bonds. The Kier molecular flexibility index (Phi) is 2.63. The molecule has 0 fully saturated rings. The summed E-state index contributed by atoms with van der Waals surface area (Å²) in [5, 5.41) is 0. The molecular weight excluding hydrogens is 164 g/mol. The Bertz CT molecular complexity index is 323. The first-order chi connectivity index (χ1) is 5.74. The molecule has 62 valence electrons. The smallest absolute Gasteiger partial charge is 0.222 e. The SMILES string of the molecule is O=CC=Cc1ccc(F)nc1F. The van der Waals surface area contributed by atoms with Crippen LogP contribution in [0, 0.1) is 11.9 Å². The fraction of sp³-hybridized carbons (Fsp3) is 0. The van der Waals surface area contributed by atoms with Crippen LogP contribution in [-0.4, -0.2) is 11.3 Å². The minimum Gasteiger partial charge on any atom is -0.299 e. The van der Waals surface area contributed by atoms with Gasteiger partial charge in [0.2, 0.25) is 11.9 Å². The van der Waals surface area contributed by atoms with E-state index in [0.29, 0.717) is 6.29 Å². The van der Waals surface area contributed by atoms with Crippen LogP contribution in [0.15, 0.2) is 18.2 Å². The molecule has 1 heterocycles. The van der Waals surface area contributed by atoms with Crippen molar-refractivity contribution < 1.29 is 13.6 Å². The highest BCUT2D eigenvalue weighted by atomic mass is 19.1. The molecule has 0 aromatic carbocycles. The molecular formula is C8H5F2NO. The van der Waals surface area contributed by atoms with E-state index in [1.54, 1.807) is 0 Å². The summed E-state index contributed by atoms with van der Waals surface area (Å²) in [4.78, 5) is 12.8. The number of rotatable bonds is 2. The lowest BCUT2D eigenvalue weighted by atomic mass is 10.2. The zero-order valence-corrected chi connectivity index (χ0v) is 6.00.